The van der Waals surface area contributed by atoms with Crippen LogP contribution in [-0.4, -0.2) is 29.9 Å². The van der Waals surface area contributed by atoms with Crippen molar-refractivity contribution in [1.29, 1.82) is 0 Å². The minimum atomic E-state index is -5.05. The molecule has 5 nitrogen and oxygen atoms in total. The lowest BCUT2D eigenvalue weighted by molar-refractivity contribution is -0.174. The lowest BCUT2D eigenvalue weighted by Gasteiger charge is -2.10. The highest BCUT2D eigenvalue weighted by Gasteiger charge is 2.42. The molecule has 78 valence electrons. The molecule has 1 aliphatic heterocycles. The predicted molar refractivity (Wildman–Crippen MR) is 35.8 cm³/mol. The standard InChI is InChI=1S/C6H5F3N2O3/c7-6(8,9)5(14)10-2-1-3(12)11-4(2)13/h2H,1H2,(H,10,14)(H,11,12,13). The molecule has 0 bridgehead atoms. The topological polar surface area (TPSA) is 75.3 Å². The number of nitrogens with one attached hydrogen (secondary N) is 2. The largest absolute Gasteiger partial charge is 0.471 e. The van der Waals surface area contributed by atoms with Gasteiger partial charge in [-0.3, -0.25) is 19.7 Å². The fourth-order valence-corrected chi connectivity index (χ4v) is 0.910. The Labute approximate surface area is 75.6 Å². The van der Waals surface area contributed by atoms with E-state index in [-0.39, 0.29) is 0 Å². The van der Waals surface area contributed by atoms with Gasteiger partial charge in [-0.05, 0) is 0 Å². The Bertz CT molecular complexity index is 299. The second-order valence-corrected chi connectivity index (χ2v) is 2.64. The molecule has 0 aliphatic carbocycles. The number of carbonyl (C=O) groups excluding carboxylic acids is 3. The lowest BCUT2D eigenvalue weighted by atomic mass is 10.2. The SMILES string of the molecule is O=C1CC(NC(=O)C(F)(F)F)C(=O)N1. The van der Waals surface area contributed by atoms with Gasteiger partial charge in [0.2, 0.25) is 11.8 Å². The fourth-order valence-electron chi connectivity index (χ4n) is 0.910. The van der Waals surface area contributed by atoms with Gasteiger partial charge in [-0.2, -0.15) is 13.2 Å². The Morgan fingerprint density at radius 2 is 2.00 bits per heavy atom. The third kappa shape index (κ3) is 2.21. The van der Waals surface area contributed by atoms with Crippen LogP contribution in [0, 0.1) is 0 Å². The van der Waals surface area contributed by atoms with Crippen LogP contribution >= 0.6 is 0 Å². The van der Waals surface area contributed by atoms with Gasteiger partial charge >= 0.3 is 12.1 Å². The van der Waals surface area contributed by atoms with Crippen molar-refractivity contribution in [3.8, 4) is 0 Å². The molecule has 0 aromatic carbocycles. The molecule has 1 heterocycles. The summed E-state index contributed by atoms with van der Waals surface area (Å²) in [5, 5.41) is 3.17. The normalized spacial score (nSPS) is 22.1. The molecule has 0 spiro atoms. The van der Waals surface area contributed by atoms with Crippen molar-refractivity contribution < 1.29 is 27.6 Å². The molecule has 8 heteroatoms. The molecule has 14 heavy (non-hydrogen) atoms. The molecular formula is C6H5F3N2O3. The van der Waals surface area contributed by atoms with Crippen LogP contribution in [0.4, 0.5) is 13.2 Å². The van der Waals surface area contributed by atoms with E-state index >= 15 is 0 Å². The summed E-state index contributed by atoms with van der Waals surface area (Å²) in [6.45, 7) is 0. The van der Waals surface area contributed by atoms with E-state index in [9.17, 15) is 27.6 Å². The van der Waals surface area contributed by atoms with Crippen molar-refractivity contribution in [2.45, 2.75) is 18.6 Å². The molecule has 3 amide bonds. The first-order chi connectivity index (χ1) is 6.30. The number of carbonyl (C=O) groups is 3. The predicted octanol–water partition coefficient (Wildman–Crippen LogP) is -0.920. The van der Waals surface area contributed by atoms with Crippen LogP contribution in [0.1, 0.15) is 6.42 Å². The fraction of sp³-hybridized carbons (Fsp3) is 0.500. The van der Waals surface area contributed by atoms with E-state index in [2.05, 4.69) is 0 Å². The summed E-state index contributed by atoms with van der Waals surface area (Å²) >= 11 is 0. The van der Waals surface area contributed by atoms with Crippen molar-refractivity contribution in [3.63, 3.8) is 0 Å². The number of imide groups is 1. The highest BCUT2D eigenvalue weighted by Crippen LogP contribution is 2.15. The van der Waals surface area contributed by atoms with E-state index in [1.165, 1.54) is 5.32 Å². The third-order valence-electron chi connectivity index (χ3n) is 1.53. The first kappa shape index (κ1) is 10.5. The molecule has 1 saturated heterocycles. The molecule has 2 N–H and O–H groups in total. The maximum atomic E-state index is 11.7. The summed E-state index contributed by atoms with van der Waals surface area (Å²) in [4.78, 5) is 31.6. The van der Waals surface area contributed by atoms with Gasteiger partial charge in [-0.25, -0.2) is 0 Å². The zero-order chi connectivity index (χ0) is 10.9. The zero-order valence-corrected chi connectivity index (χ0v) is 6.64. The van der Waals surface area contributed by atoms with E-state index < -0.39 is 36.4 Å². The summed E-state index contributed by atoms with van der Waals surface area (Å²) < 4.78 is 35.1. The van der Waals surface area contributed by atoms with E-state index in [0.29, 0.717) is 0 Å². The Morgan fingerprint density at radius 3 is 2.36 bits per heavy atom. The monoisotopic (exact) mass is 210 g/mol. The highest BCUT2D eigenvalue weighted by molar-refractivity contribution is 6.07. The van der Waals surface area contributed by atoms with Gasteiger partial charge in [0.1, 0.15) is 6.04 Å². The molecule has 0 saturated carbocycles. The van der Waals surface area contributed by atoms with Crippen LogP contribution in [-0.2, 0) is 14.4 Å². The number of hydrogen-bond acceptors (Lipinski definition) is 3. The van der Waals surface area contributed by atoms with E-state index in [4.69, 9.17) is 0 Å². The Balaban J connectivity index is 2.58. The summed E-state index contributed by atoms with van der Waals surface area (Å²) in [6.07, 6.45) is -5.51. The van der Waals surface area contributed by atoms with Crippen LogP contribution < -0.4 is 10.6 Å². The molecule has 0 aromatic heterocycles. The van der Waals surface area contributed by atoms with Gasteiger partial charge in [0, 0.05) is 0 Å². The van der Waals surface area contributed by atoms with E-state index in [1.807, 2.05) is 0 Å². The van der Waals surface area contributed by atoms with Crippen molar-refractivity contribution in [2.24, 2.45) is 0 Å². The van der Waals surface area contributed by atoms with Crippen molar-refractivity contribution in [1.82, 2.24) is 10.6 Å². The van der Waals surface area contributed by atoms with Crippen LogP contribution in [0.5, 0.6) is 0 Å². The number of amides is 3. The molecule has 0 radical (unpaired) electrons. The Morgan fingerprint density at radius 1 is 1.43 bits per heavy atom. The second-order valence-electron chi connectivity index (χ2n) is 2.64. The van der Waals surface area contributed by atoms with Crippen LogP contribution in [0.25, 0.3) is 0 Å². The number of hydrogen-bond donors (Lipinski definition) is 2. The number of alkyl halides is 3. The van der Waals surface area contributed by atoms with Crippen molar-refractivity contribution in [3.05, 3.63) is 0 Å². The summed E-state index contributed by atoms with van der Waals surface area (Å²) in [7, 11) is 0. The van der Waals surface area contributed by atoms with Crippen molar-refractivity contribution in [2.75, 3.05) is 0 Å². The number of rotatable bonds is 1. The van der Waals surface area contributed by atoms with E-state index in [0.717, 1.165) is 0 Å². The Hall–Kier alpha value is -1.60. The van der Waals surface area contributed by atoms with Crippen LogP contribution in [0.15, 0.2) is 0 Å². The maximum absolute atomic E-state index is 11.7. The van der Waals surface area contributed by atoms with Crippen molar-refractivity contribution >= 4 is 17.7 Å². The molecule has 1 rings (SSSR count). The van der Waals surface area contributed by atoms with Gasteiger partial charge in [-0.15, -0.1) is 0 Å². The molecular weight excluding hydrogens is 205 g/mol. The van der Waals surface area contributed by atoms with Gasteiger partial charge in [0.25, 0.3) is 0 Å². The zero-order valence-electron chi connectivity index (χ0n) is 6.64. The molecule has 1 unspecified atom stereocenters. The summed E-state index contributed by atoms with van der Waals surface area (Å²) in [5.41, 5.74) is 0. The Kier molecular flexibility index (Phi) is 2.45. The third-order valence-corrected chi connectivity index (χ3v) is 1.53. The average Bonchev–Trinajstić information content (AvgIpc) is 2.28. The van der Waals surface area contributed by atoms with Crippen LogP contribution in [0.3, 0.4) is 0 Å². The lowest BCUT2D eigenvalue weighted by Crippen LogP contribution is -2.46. The van der Waals surface area contributed by atoms with Gasteiger partial charge < -0.3 is 5.32 Å². The molecule has 0 aromatic rings. The minimum Gasteiger partial charge on any atom is -0.336 e. The smallest absolute Gasteiger partial charge is 0.336 e. The first-order valence-corrected chi connectivity index (χ1v) is 3.52. The summed E-state index contributed by atoms with van der Waals surface area (Å²) in [5.74, 6) is -3.86. The van der Waals surface area contributed by atoms with E-state index in [1.54, 1.807) is 5.32 Å². The van der Waals surface area contributed by atoms with Gasteiger partial charge in [0.05, 0.1) is 6.42 Å². The minimum absolute atomic E-state index is 0.458. The maximum Gasteiger partial charge on any atom is 0.471 e. The highest BCUT2D eigenvalue weighted by atomic mass is 19.4. The quantitative estimate of drug-likeness (QED) is 0.549. The molecule has 1 atom stereocenters. The second kappa shape index (κ2) is 3.28. The number of halogens is 3. The summed E-state index contributed by atoms with van der Waals surface area (Å²) in [6, 6.07) is -1.42. The average molecular weight is 210 g/mol. The first-order valence-electron chi connectivity index (χ1n) is 3.52. The molecule has 1 fully saturated rings. The van der Waals surface area contributed by atoms with Gasteiger partial charge in [-0.1, -0.05) is 0 Å². The van der Waals surface area contributed by atoms with Crippen LogP contribution in [0.2, 0.25) is 0 Å². The molecule has 1 aliphatic rings. The van der Waals surface area contributed by atoms with Gasteiger partial charge in [0.15, 0.2) is 0 Å².